The van der Waals surface area contributed by atoms with Gasteiger partial charge in [0.2, 0.25) is 5.95 Å². The van der Waals surface area contributed by atoms with Gasteiger partial charge in [-0.15, -0.1) is 0 Å². The van der Waals surface area contributed by atoms with Crippen molar-refractivity contribution in [3.05, 3.63) is 41.8 Å². The SMILES string of the molecule is CN(c1nc(Nc2cccc(C#N)c2)ncc1F)[C@H]1CCCN2CCCC[C@H]12. The minimum absolute atomic E-state index is 0.258. The first-order valence-corrected chi connectivity index (χ1v) is 9.92. The van der Waals surface area contributed by atoms with Gasteiger partial charge in [0.15, 0.2) is 11.6 Å². The van der Waals surface area contributed by atoms with E-state index in [0.29, 0.717) is 29.1 Å². The van der Waals surface area contributed by atoms with Gasteiger partial charge in [0.1, 0.15) is 0 Å². The van der Waals surface area contributed by atoms with Crippen LogP contribution in [0.4, 0.5) is 21.8 Å². The Bertz CT molecular complexity index is 877. The van der Waals surface area contributed by atoms with E-state index in [-0.39, 0.29) is 6.04 Å². The summed E-state index contributed by atoms with van der Waals surface area (Å²) in [7, 11) is 1.94. The van der Waals surface area contributed by atoms with Crippen LogP contribution < -0.4 is 10.2 Å². The number of nitrogens with one attached hydrogen (secondary N) is 1. The molecule has 28 heavy (non-hydrogen) atoms. The number of piperidine rings is 2. The Hall–Kier alpha value is -2.72. The van der Waals surface area contributed by atoms with Crippen molar-refractivity contribution >= 4 is 17.5 Å². The van der Waals surface area contributed by atoms with E-state index in [1.807, 2.05) is 18.0 Å². The molecular weight excluding hydrogens is 355 g/mol. The van der Waals surface area contributed by atoms with Crippen molar-refractivity contribution in [2.45, 2.75) is 44.2 Å². The smallest absolute Gasteiger partial charge is 0.229 e. The van der Waals surface area contributed by atoms with Gasteiger partial charge in [-0.3, -0.25) is 4.90 Å². The van der Waals surface area contributed by atoms with E-state index in [0.717, 1.165) is 32.4 Å². The van der Waals surface area contributed by atoms with Crippen molar-refractivity contribution in [2.75, 3.05) is 30.4 Å². The number of fused-ring (bicyclic) bond motifs is 1. The maximum Gasteiger partial charge on any atom is 0.229 e. The molecule has 146 valence electrons. The number of aromatic nitrogens is 2. The first-order valence-electron chi connectivity index (χ1n) is 9.92. The number of benzene rings is 1. The lowest BCUT2D eigenvalue weighted by molar-refractivity contribution is 0.0891. The number of nitrogens with zero attached hydrogens (tertiary/aromatic N) is 5. The molecule has 6 nitrogen and oxygen atoms in total. The number of hydrogen-bond donors (Lipinski definition) is 1. The zero-order chi connectivity index (χ0) is 19.5. The molecule has 2 aliphatic rings. The zero-order valence-corrected chi connectivity index (χ0v) is 16.1. The van der Waals surface area contributed by atoms with Gasteiger partial charge in [0.05, 0.1) is 17.8 Å². The normalized spacial score (nSPS) is 22.2. The number of anilines is 3. The molecule has 2 fully saturated rings. The van der Waals surface area contributed by atoms with E-state index in [9.17, 15) is 4.39 Å². The number of nitriles is 1. The highest BCUT2D eigenvalue weighted by molar-refractivity contribution is 5.57. The lowest BCUT2D eigenvalue weighted by atomic mass is 9.88. The minimum atomic E-state index is -0.410. The highest BCUT2D eigenvalue weighted by Gasteiger charge is 2.36. The molecule has 2 saturated heterocycles. The van der Waals surface area contributed by atoms with E-state index < -0.39 is 5.82 Å². The molecule has 0 unspecified atom stereocenters. The van der Waals surface area contributed by atoms with Crippen molar-refractivity contribution in [3.8, 4) is 6.07 Å². The molecule has 4 rings (SSSR count). The third-order valence-electron chi connectivity index (χ3n) is 5.86. The molecule has 1 aromatic carbocycles. The van der Waals surface area contributed by atoms with Crippen LogP contribution in [0.5, 0.6) is 0 Å². The number of rotatable bonds is 4. The molecule has 0 spiro atoms. The number of hydrogen-bond acceptors (Lipinski definition) is 6. The molecule has 0 amide bonds. The van der Waals surface area contributed by atoms with Crippen molar-refractivity contribution in [1.29, 1.82) is 5.26 Å². The first kappa shape index (κ1) is 18.6. The first-order chi connectivity index (χ1) is 13.7. The van der Waals surface area contributed by atoms with E-state index in [1.165, 1.54) is 19.0 Å². The van der Waals surface area contributed by atoms with E-state index in [1.54, 1.807) is 18.2 Å². The summed E-state index contributed by atoms with van der Waals surface area (Å²) in [4.78, 5) is 13.1. The van der Waals surface area contributed by atoms with Gasteiger partial charge >= 0.3 is 0 Å². The second kappa shape index (κ2) is 8.11. The van der Waals surface area contributed by atoms with Crippen LogP contribution in [-0.4, -0.2) is 47.1 Å². The third kappa shape index (κ3) is 3.78. The fourth-order valence-electron chi connectivity index (χ4n) is 4.50. The Kier molecular flexibility index (Phi) is 5.40. The van der Waals surface area contributed by atoms with Gasteiger partial charge in [0, 0.05) is 24.8 Å². The third-order valence-corrected chi connectivity index (χ3v) is 5.86. The van der Waals surface area contributed by atoms with Gasteiger partial charge < -0.3 is 10.2 Å². The van der Waals surface area contributed by atoms with E-state index in [2.05, 4.69) is 26.3 Å². The highest BCUT2D eigenvalue weighted by Crippen LogP contribution is 2.32. The summed E-state index contributed by atoms with van der Waals surface area (Å²) in [5, 5.41) is 12.1. The van der Waals surface area contributed by atoms with Crippen LogP contribution in [0.15, 0.2) is 30.5 Å². The Balaban J connectivity index is 1.57. The molecule has 0 radical (unpaired) electrons. The summed E-state index contributed by atoms with van der Waals surface area (Å²) in [6.45, 7) is 2.28. The van der Waals surface area contributed by atoms with Crippen LogP contribution in [0, 0.1) is 17.1 Å². The van der Waals surface area contributed by atoms with Crippen molar-refractivity contribution in [3.63, 3.8) is 0 Å². The lowest BCUT2D eigenvalue weighted by Gasteiger charge is -2.47. The molecule has 0 aliphatic carbocycles. The van der Waals surface area contributed by atoms with Gasteiger partial charge in [-0.2, -0.15) is 10.2 Å². The van der Waals surface area contributed by atoms with Crippen LogP contribution >= 0.6 is 0 Å². The van der Waals surface area contributed by atoms with E-state index >= 15 is 0 Å². The maximum absolute atomic E-state index is 14.6. The topological polar surface area (TPSA) is 68.1 Å². The zero-order valence-electron chi connectivity index (χ0n) is 16.1. The summed E-state index contributed by atoms with van der Waals surface area (Å²) < 4.78 is 14.6. The second-order valence-corrected chi connectivity index (χ2v) is 7.60. The van der Waals surface area contributed by atoms with Crippen LogP contribution in [0.2, 0.25) is 0 Å². The van der Waals surface area contributed by atoms with Crippen LogP contribution in [-0.2, 0) is 0 Å². The fourth-order valence-corrected chi connectivity index (χ4v) is 4.50. The predicted octanol–water partition coefficient (Wildman–Crippen LogP) is 3.68. The Morgan fingerprint density at radius 2 is 2.11 bits per heavy atom. The summed E-state index contributed by atoms with van der Waals surface area (Å²) in [6.07, 6.45) is 7.05. The molecule has 7 heteroatoms. The predicted molar refractivity (Wildman–Crippen MR) is 107 cm³/mol. The largest absolute Gasteiger partial charge is 0.353 e. The molecule has 2 atom stereocenters. The Morgan fingerprint density at radius 1 is 1.25 bits per heavy atom. The summed E-state index contributed by atoms with van der Waals surface area (Å²) in [5.74, 6) is 0.243. The molecule has 1 aromatic heterocycles. The summed E-state index contributed by atoms with van der Waals surface area (Å²) >= 11 is 0. The average Bonchev–Trinajstić information content (AvgIpc) is 2.74. The Morgan fingerprint density at radius 3 is 2.96 bits per heavy atom. The molecule has 1 N–H and O–H groups in total. The van der Waals surface area contributed by atoms with Gasteiger partial charge in [-0.1, -0.05) is 12.5 Å². The van der Waals surface area contributed by atoms with Crippen LogP contribution in [0.3, 0.4) is 0 Å². The number of likely N-dealkylation sites (N-methyl/N-ethyl adjacent to an activating group) is 1. The molecule has 2 aliphatic heterocycles. The quantitative estimate of drug-likeness (QED) is 0.873. The van der Waals surface area contributed by atoms with Gasteiger partial charge in [-0.25, -0.2) is 9.37 Å². The number of halogens is 1. The lowest BCUT2D eigenvalue weighted by Crippen LogP contribution is -2.56. The van der Waals surface area contributed by atoms with Crippen molar-refractivity contribution in [2.24, 2.45) is 0 Å². The van der Waals surface area contributed by atoms with Gasteiger partial charge in [-0.05, 0) is 57.0 Å². The minimum Gasteiger partial charge on any atom is -0.353 e. The summed E-state index contributed by atoms with van der Waals surface area (Å²) in [5.41, 5.74) is 1.25. The van der Waals surface area contributed by atoms with E-state index in [4.69, 9.17) is 5.26 Å². The maximum atomic E-state index is 14.6. The standard InChI is InChI=1S/C21H25FN6/c1-27(18-9-5-11-28-10-3-2-8-19(18)28)20-17(22)14-24-21(26-20)25-16-7-4-6-15(12-16)13-23/h4,6-7,12,14,18-19H,2-3,5,8-11H2,1H3,(H,24,25,26)/t18-,19+/m0/s1. The molecule has 2 aromatic rings. The highest BCUT2D eigenvalue weighted by atomic mass is 19.1. The van der Waals surface area contributed by atoms with Gasteiger partial charge in [0.25, 0.3) is 0 Å². The molecule has 0 bridgehead atoms. The average molecular weight is 380 g/mol. The van der Waals surface area contributed by atoms with Crippen LogP contribution in [0.25, 0.3) is 0 Å². The second-order valence-electron chi connectivity index (χ2n) is 7.60. The fraction of sp³-hybridized carbons (Fsp3) is 0.476. The van der Waals surface area contributed by atoms with Crippen molar-refractivity contribution < 1.29 is 4.39 Å². The van der Waals surface area contributed by atoms with Crippen molar-refractivity contribution in [1.82, 2.24) is 14.9 Å². The molecule has 0 saturated carbocycles. The Labute approximate surface area is 165 Å². The summed E-state index contributed by atoms with van der Waals surface area (Å²) in [6, 6.07) is 9.90. The molecular formula is C21H25FN6. The van der Waals surface area contributed by atoms with Crippen LogP contribution in [0.1, 0.15) is 37.7 Å². The monoisotopic (exact) mass is 380 g/mol. The molecule has 3 heterocycles.